The van der Waals surface area contributed by atoms with Crippen LogP contribution in [0.1, 0.15) is 19.4 Å². The Balaban J connectivity index is 2.03. The molecule has 0 aliphatic carbocycles. The molecule has 92 valence electrons. The van der Waals surface area contributed by atoms with Gasteiger partial charge in [-0.25, -0.2) is 0 Å². The number of nitrogens with two attached hydrogens (primary N) is 1. The van der Waals surface area contributed by atoms with E-state index in [4.69, 9.17) is 10.5 Å². The number of rotatable bonds is 5. The average Bonchev–Trinajstić information content (AvgIpc) is 2.70. The zero-order valence-electron chi connectivity index (χ0n) is 10.3. The highest BCUT2D eigenvalue weighted by atomic mass is 32.1. The third-order valence-corrected chi connectivity index (χ3v) is 3.70. The van der Waals surface area contributed by atoms with E-state index in [2.05, 4.69) is 29.6 Å². The summed E-state index contributed by atoms with van der Waals surface area (Å²) in [6.07, 6.45) is 1.14. The van der Waals surface area contributed by atoms with Gasteiger partial charge < -0.3 is 10.5 Å². The summed E-state index contributed by atoms with van der Waals surface area (Å²) in [5.74, 6) is 0. The molecule has 0 radical (unpaired) electrons. The number of ether oxygens (including phenoxy) is 1. The van der Waals surface area contributed by atoms with Gasteiger partial charge in [0.25, 0.3) is 0 Å². The predicted octanol–water partition coefficient (Wildman–Crippen LogP) is 3.20. The second-order valence-corrected chi connectivity index (χ2v) is 5.51. The summed E-state index contributed by atoms with van der Waals surface area (Å²) in [7, 11) is 0. The average molecular weight is 249 g/mol. The van der Waals surface area contributed by atoms with Gasteiger partial charge in [-0.2, -0.15) is 0 Å². The van der Waals surface area contributed by atoms with Gasteiger partial charge in [0.05, 0.1) is 12.7 Å². The van der Waals surface area contributed by atoms with Crippen molar-refractivity contribution >= 4 is 21.4 Å². The first-order valence-corrected chi connectivity index (χ1v) is 6.87. The van der Waals surface area contributed by atoms with Crippen molar-refractivity contribution in [1.82, 2.24) is 0 Å². The van der Waals surface area contributed by atoms with Crippen LogP contribution in [0.2, 0.25) is 0 Å². The van der Waals surface area contributed by atoms with E-state index in [9.17, 15) is 0 Å². The van der Waals surface area contributed by atoms with Crippen molar-refractivity contribution in [2.24, 2.45) is 5.73 Å². The third kappa shape index (κ3) is 3.28. The van der Waals surface area contributed by atoms with Crippen molar-refractivity contribution in [3.8, 4) is 0 Å². The zero-order chi connectivity index (χ0) is 12.3. The molecule has 0 spiro atoms. The van der Waals surface area contributed by atoms with E-state index in [0.717, 1.165) is 6.42 Å². The van der Waals surface area contributed by atoms with Crippen LogP contribution in [-0.4, -0.2) is 18.8 Å². The van der Waals surface area contributed by atoms with Crippen LogP contribution >= 0.6 is 11.3 Å². The van der Waals surface area contributed by atoms with E-state index in [1.165, 1.54) is 15.6 Å². The third-order valence-electron chi connectivity index (χ3n) is 2.69. The van der Waals surface area contributed by atoms with Crippen LogP contribution in [0.3, 0.4) is 0 Å². The topological polar surface area (TPSA) is 35.2 Å². The summed E-state index contributed by atoms with van der Waals surface area (Å²) < 4.78 is 6.88. The number of hydrogen-bond donors (Lipinski definition) is 1. The number of benzene rings is 1. The van der Waals surface area contributed by atoms with Gasteiger partial charge in [-0.3, -0.25) is 0 Å². The normalized spacial score (nSPS) is 13.4. The van der Waals surface area contributed by atoms with Crippen molar-refractivity contribution in [3.63, 3.8) is 0 Å². The Kier molecular flexibility index (Phi) is 4.15. The number of hydrogen-bond acceptors (Lipinski definition) is 3. The van der Waals surface area contributed by atoms with E-state index in [1.54, 1.807) is 11.3 Å². The highest BCUT2D eigenvalue weighted by Gasteiger charge is 2.09. The number of thiophene rings is 1. The molecule has 17 heavy (non-hydrogen) atoms. The quantitative estimate of drug-likeness (QED) is 0.883. The monoisotopic (exact) mass is 249 g/mol. The fraction of sp³-hybridized carbons (Fsp3) is 0.429. The maximum absolute atomic E-state index is 6.08. The lowest BCUT2D eigenvalue weighted by atomic mass is 10.1. The molecule has 0 saturated carbocycles. The molecular formula is C14H19NOS. The van der Waals surface area contributed by atoms with Gasteiger partial charge in [0.15, 0.2) is 0 Å². The van der Waals surface area contributed by atoms with Crippen molar-refractivity contribution in [2.45, 2.75) is 32.4 Å². The molecule has 0 bridgehead atoms. The fourth-order valence-electron chi connectivity index (χ4n) is 1.85. The van der Waals surface area contributed by atoms with E-state index in [1.807, 2.05) is 13.8 Å². The van der Waals surface area contributed by atoms with Gasteiger partial charge in [-0.05, 0) is 42.7 Å². The molecule has 2 aromatic rings. The Morgan fingerprint density at radius 3 is 2.82 bits per heavy atom. The summed E-state index contributed by atoms with van der Waals surface area (Å²) in [5.41, 5.74) is 7.42. The summed E-state index contributed by atoms with van der Waals surface area (Å²) in [6.45, 7) is 4.70. The molecule has 0 aliphatic heterocycles. The summed E-state index contributed by atoms with van der Waals surface area (Å²) >= 11 is 1.78. The molecule has 1 atom stereocenters. The van der Waals surface area contributed by atoms with Crippen molar-refractivity contribution < 1.29 is 4.74 Å². The molecule has 0 saturated heterocycles. The predicted molar refractivity (Wildman–Crippen MR) is 74.6 cm³/mol. The number of fused-ring (bicyclic) bond motifs is 1. The Bertz CT molecular complexity index is 478. The second kappa shape index (κ2) is 5.63. The van der Waals surface area contributed by atoms with E-state index in [-0.39, 0.29) is 12.1 Å². The highest BCUT2D eigenvalue weighted by molar-refractivity contribution is 7.17. The first-order valence-electron chi connectivity index (χ1n) is 5.99. The van der Waals surface area contributed by atoms with Gasteiger partial charge >= 0.3 is 0 Å². The fourth-order valence-corrected chi connectivity index (χ4v) is 2.82. The molecule has 1 heterocycles. The van der Waals surface area contributed by atoms with Crippen LogP contribution in [0.25, 0.3) is 10.1 Å². The molecule has 1 aromatic carbocycles. The van der Waals surface area contributed by atoms with Crippen LogP contribution in [0.15, 0.2) is 29.6 Å². The van der Waals surface area contributed by atoms with Gasteiger partial charge in [-0.1, -0.05) is 18.2 Å². The second-order valence-electron chi connectivity index (χ2n) is 4.60. The standard InChI is InChI=1S/C14H19NOS/c1-10(2)16-8-12(15)7-11-9-17-14-6-4-3-5-13(11)14/h3-6,9-10,12H,7-8,15H2,1-2H3. The Morgan fingerprint density at radius 1 is 1.29 bits per heavy atom. The lowest BCUT2D eigenvalue weighted by Crippen LogP contribution is -2.29. The van der Waals surface area contributed by atoms with Crippen LogP contribution in [0.5, 0.6) is 0 Å². The van der Waals surface area contributed by atoms with Gasteiger partial charge in [0.2, 0.25) is 0 Å². The molecule has 0 amide bonds. The van der Waals surface area contributed by atoms with Crippen LogP contribution in [0, 0.1) is 0 Å². The smallest absolute Gasteiger partial charge is 0.0624 e. The van der Waals surface area contributed by atoms with Gasteiger partial charge in [0, 0.05) is 10.7 Å². The van der Waals surface area contributed by atoms with Crippen molar-refractivity contribution in [3.05, 3.63) is 35.2 Å². The first-order chi connectivity index (χ1) is 8.16. The lowest BCUT2D eigenvalue weighted by molar-refractivity contribution is 0.0685. The van der Waals surface area contributed by atoms with Crippen molar-refractivity contribution in [2.75, 3.05) is 6.61 Å². The van der Waals surface area contributed by atoms with Crippen LogP contribution in [-0.2, 0) is 11.2 Å². The highest BCUT2D eigenvalue weighted by Crippen LogP contribution is 2.26. The largest absolute Gasteiger partial charge is 0.377 e. The molecule has 2 nitrogen and oxygen atoms in total. The molecule has 2 N–H and O–H groups in total. The molecule has 1 aromatic heterocycles. The maximum Gasteiger partial charge on any atom is 0.0624 e. The van der Waals surface area contributed by atoms with Crippen LogP contribution < -0.4 is 5.73 Å². The van der Waals surface area contributed by atoms with E-state index < -0.39 is 0 Å². The van der Waals surface area contributed by atoms with E-state index >= 15 is 0 Å². The maximum atomic E-state index is 6.08. The molecular weight excluding hydrogens is 230 g/mol. The summed E-state index contributed by atoms with van der Waals surface area (Å²) in [4.78, 5) is 0. The molecule has 1 unspecified atom stereocenters. The van der Waals surface area contributed by atoms with Gasteiger partial charge in [-0.15, -0.1) is 11.3 Å². The minimum absolute atomic E-state index is 0.0791. The van der Waals surface area contributed by atoms with Crippen molar-refractivity contribution in [1.29, 1.82) is 0 Å². The molecule has 3 heteroatoms. The molecule has 2 rings (SSSR count). The molecule has 0 aliphatic rings. The van der Waals surface area contributed by atoms with E-state index in [0.29, 0.717) is 6.61 Å². The molecule has 0 fully saturated rings. The Hall–Kier alpha value is -0.900. The Morgan fingerprint density at radius 2 is 2.06 bits per heavy atom. The SMILES string of the molecule is CC(C)OCC(N)Cc1csc2ccccc12. The summed E-state index contributed by atoms with van der Waals surface area (Å²) in [6, 6.07) is 8.55. The first kappa shape index (κ1) is 12.6. The van der Waals surface area contributed by atoms with Gasteiger partial charge in [0.1, 0.15) is 0 Å². The van der Waals surface area contributed by atoms with Crippen LogP contribution in [0.4, 0.5) is 0 Å². The minimum atomic E-state index is 0.0791. The minimum Gasteiger partial charge on any atom is -0.377 e. The zero-order valence-corrected chi connectivity index (χ0v) is 11.2. The lowest BCUT2D eigenvalue weighted by Gasteiger charge is -2.13. The Labute approximate surface area is 106 Å². The summed E-state index contributed by atoms with van der Waals surface area (Å²) in [5, 5.41) is 3.54.